The predicted octanol–water partition coefficient (Wildman–Crippen LogP) is 4.28. The molecule has 0 atom stereocenters. The van der Waals surface area contributed by atoms with Crippen LogP contribution in [0, 0.1) is 0 Å². The lowest BCUT2D eigenvalue weighted by atomic mass is 9.64. The number of fused-ring (bicyclic) bond motifs is 4. The fourth-order valence-electron chi connectivity index (χ4n) is 5.53. The third-order valence-electron chi connectivity index (χ3n) is 7.71. The number of amides is 1. The van der Waals surface area contributed by atoms with Gasteiger partial charge in [0.05, 0.1) is 34.9 Å². The Morgan fingerprint density at radius 1 is 1.12 bits per heavy atom. The summed E-state index contributed by atoms with van der Waals surface area (Å²) in [6.45, 7) is 1.21. The SMILES string of the molecule is CN(C)CCCOc1ncc(-c2ccc3ncc4c(c3c2)C2(CCC2)C(=O)N4C)cc1NS(=O)(=O)c1cscn1. The van der Waals surface area contributed by atoms with E-state index in [0.29, 0.717) is 12.2 Å². The van der Waals surface area contributed by atoms with Gasteiger partial charge in [-0.2, -0.15) is 8.42 Å². The van der Waals surface area contributed by atoms with Crippen molar-refractivity contribution in [1.82, 2.24) is 19.9 Å². The van der Waals surface area contributed by atoms with Gasteiger partial charge in [0.1, 0.15) is 5.69 Å². The standard InChI is InChI=1S/C28H30N6O4S2/c1-33(2)10-5-11-38-26-22(32-40(36,37)24-16-39-17-31-24)13-19(14-30-26)18-6-7-21-20(12-18)25-23(15-29-21)34(3)27(35)28(25)8-4-9-28/h6-7,12-17,32H,4-5,8-11H2,1-3H3. The molecule has 1 N–H and O–H groups in total. The number of hydrogen-bond donors (Lipinski definition) is 1. The minimum atomic E-state index is -3.93. The van der Waals surface area contributed by atoms with Crippen LogP contribution in [0.3, 0.4) is 0 Å². The van der Waals surface area contributed by atoms with E-state index in [1.54, 1.807) is 23.4 Å². The zero-order valence-electron chi connectivity index (χ0n) is 22.5. The highest BCUT2D eigenvalue weighted by molar-refractivity contribution is 7.92. The molecule has 1 aromatic carbocycles. The summed E-state index contributed by atoms with van der Waals surface area (Å²) in [4.78, 5) is 30.1. The molecule has 0 radical (unpaired) electrons. The van der Waals surface area contributed by atoms with Gasteiger partial charge in [-0.3, -0.25) is 14.5 Å². The molecule has 1 amide bonds. The number of rotatable bonds is 9. The highest BCUT2D eigenvalue weighted by Gasteiger charge is 2.54. The number of ether oxygens (including phenoxy) is 1. The van der Waals surface area contributed by atoms with Crippen LogP contribution < -0.4 is 14.4 Å². The molecule has 0 bridgehead atoms. The van der Waals surface area contributed by atoms with E-state index in [1.807, 2.05) is 39.3 Å². The highest BCUT2D eigenvalue weighted by Crippen LogP contribution is 2.55. The number of pyridine rings is 2. The van der Waals surface area contributed by atoms with Gasteiger partial charge in [0.25, 0.3) is 10.0 Å². The number of hydrogen-bond acceptors (Lipinski definition) is 9. The minimum absolute atomic E-state index is 0.0617. The quantitative estimate of drug-likeness (QED) is 0.293. The summed E-state index contributed by atoms with van der Waals surface area (Å²) in [7, 11) is 1.84. The van der Waals surface area contributed by atoms with Crippen LogP contribution in [0.2, 0.25) is 0 Å². The van der Waals surface area contributed by atoms with Crippen molar-refractivity contribution in [2.45, 2.75) is 36.1 Å². The van der Waals surface area contributed by atoms with Crippen molar-refractivity contribution in [3.63, 3.8) is 0 Å². The van der Waals surface area contributed by atoms with Gasteiger partial charge in [0, 0.05) is 41.7 Å². The summed E-state index contributed by atoms with van der Waals surface area (Å²) in [6.07, 6.45) is 6.90. The Bertz CT molecular complexity index is 1700. The Hall–Kier alpha value is -3.61. The molecular weight excluding hydrogens is 548 g/mol. The van der Waals surface area contributed by atoms with E-state index < -0.39 is 15.4 Å². The molecule has 1 spiro atoms. The third kappa shape index (κ3) is 4.49. The summed E-state index contributed by atoms with van der Waals surface area (Å²) in [6, 6.07) is 7.63. The molecule has 4 heterocycles. The molecule has 40 heavy (non-hydrogen) atoms. The number of thiazole rings is 1. The summed E-state index contributed by atoms with van der Waals surface area (Å²) in [5.41, 5.74) is 5.46. The molecule has 3 aromatic heterocycles. The molecule has 4 aromatic rings. The molecule has 1 aliphatic heterocycles. The first kappa shape index (κ1) is 26.6. The lowest BCUT2D eigenvalue weighted by Gasteiger charge is -2.37. The maximum absolute atomic E-state index is 13.2. The first-order chi connectivity index (χ1) is 19.2. The van der Waals surface area contributed by atoms with Crippen molar-refractivity contribution in [3.8, 4) is 17.0 Å². The Morgan fingerprint density at radius 2 is 1.95 bits per heavy atom. The lowest BCUT2D eigenvalue weighted by Crippen LogP contribution is -2.43. The van der Waals surface area contributed by atoms with Crippen LogP contribution in [0.5, 0.6) is 5.88 Å². The predicted molar refractivity (Wildman–Crippen MR) is 156 cm³/mol. The van der Waals surface area contributed by atoms with Crippen molar-refractivity contribution in [2.24, 2.45) is 0 Å². The zero-order chi connectivity index (χ0) is 28.1. The lowest BCUT2D eigenvalue weighted by molar-refractivity contribution is -0.125. The number of anilines is 2. The van der Waals surface area contributed by atoms with Gasteiger partial charge in [-0.15, -0.1) is 11.3 Å². The highest BCUT2D eigenvalue weighted by atomic mass is 32.2. The molecule has 1 aliphatic carbocycles. The molecule has 12 heteroatoms. The van der Waals surface area contributed by atoms with Crippen molar-refractivity contribution >= 4 is 49.5 Å². The number of sulfonamides is 1. The van der Waals surface area contributed by atoms with Crippen molar-refractivity contribution in [1.29, 1.82) is 0 Å². The molecule has 0 saturated heterocycles. The average molecular weight is 579 g/mol. The van der Waals surface area contributed by atoms with Crippen LogP contribution in [0.4, 0.5) is 11.4 Å². The largest absolute Gasteiger partial charge is 0.476 e. The monoisotopic (exact) mass is 578 g/mol. The summed E-state index contributed by atoms with van der Waals surface area (Å²) in [5, 5.41) is 2.34. The van der Waals surface area contributed by atoms with Gasteiger partial charge < -0.3 is 14.5 Å². The maximum Gasteiger partial charge on any atom is 0.280 e. The van der Waals surface area contributed by atoms with Crippen LogP contribution in [0.1, 0.15) is 31.2 Å². The summed E-state index contributed by atoms with van der Waals surface area (Å²) < 4.78 is 34.6. The Morgan fingerprint density at radius 3 is 2.65 bits per heavy atom. The number of nitrogens with one attached hydrogen (secondary N) is 1. The van der Waals surface area contributed by atoms with E-state index in [1.165, 1.54) is 22.2 Å². The second-order valence-electron chi connectivity index (χ2n) is 10.6. The summed E-state index contributed by atoms with van der Waals surface area (Å²) >= 11 is 1.20. The Kier molecular flexibility index (Phi) is 6.71. The van der Waals surface area contributed by atoms with E-state index in [4.69, 9.17) is 4.74 Å². The van der Waals surface area contributed by atoms with Gasteiger partial charge in [-0.05, 0) is 57.1 Å². The van der Waals surface area contributed by atoms with Crippen LogP contribution in [0.25, 0.3) is 22.0 Å². The number of likely N-dealkylation sites (N-methyl/N-ethyl adjacent to an activating group) is 1. The zero-order valence-corrected chi connectivity index (χ0v) is 24.2. The molecule has 0 unspecified atom stereocenters. The van der Waals surface area contributed by atoms with Gasteiger partial charge in [0.2, 0.25) is 11.8 Å². The van der Waals surface area contributed by atoms with Crippen LogP contribution >= 0.6 is 11.3 Å². The van der Waals surface area contributed by atoms with Gasteiger partial charge in [0.15, 0.2) is 5.03 Å². The van der Waals surface area contributed by atoms with Crippen LogP contribution in [-0.4, -0.2) is 68.5 Å². The van der Waals surface area contributed by atoms with E-state index >= 15 is 0 Å². The fraction of sp³-hybridized carbons (Fsp3) is 0.357. The number of carbonyl (C=O) groups is 1. The van der Waals surface area contributed by atoms with Crippen molar-refractivity contribution in [2.75, 3.05) is 43.9 Å². The number of aromatic nitrogens is 3. The average Bonchev–Trinajstić information content (AvgIpc) is 3.53. The van der Waals surface area contributed by atoms with Gasteiger partial charge in [-0.25, -0.2) is 9.97 Å². The molecular formula is C28H30N6O4S2. The normalized spacial score (nSPS) is 16.0. The molecule has 1 saturated carbocycles. The van der Waals surface area contributed by atoms with E-state index in [0.717, 1.165) is 59.9 Å². The van der Waals surface area contributed by atoms with E-state index in [9.17, 15) is 13.2 Å². The maximum atomic E-state index is 13.2. The second kappa shape index (κ2) is 10.1. The van der Waals surface area contributed by atoms with Gasteiger partial charge in [-0.1, -0.05) is 12.5 Å². The van der Waals surface area contributed by atoms with Crippen LogP contribution in [-0.2, 0) is 20.2 Å². The van der Waals surface area contributed by atoms with E-state index in [-0.39, 0.29) is 22.5 Å². The Balaban J connectivity index is 1.40. The topological polar surface area (TPSA) is 118 Å². The number of benzene rings is 1. The Labute approximate surface area is 237 Å². The molecule has 1 fully saturated rings. The molecule has 208 valence electrons. The second-order valence-corrected chi connectivity index (χ2v) is 12.9. The van der Waals surface area contributed by atoms with Gasteiger partial charge >= 0.3 is 0 Å². The summed E-state index contributed by atoms with van der Waals surface area (Å²) in [5.74, 6) is 0.329. The number of nitrogens with zero attached hydrogens (tertiary/aromatic N) is 5. The molecule has 2 aliphatic rings. The minimum Gasteiger partial charge on any atom is -0.476 e. The number of carbonyl (C=O) groups excluding carboxylic acids is 1. The smallest absolute Gasteiger partial charge is 0.280 e. The van der Waals surface area contributed by atoms with E-state index in [2.05, 4.69) is 24.6 Å². The third-order valence-corrected chi connectivity index (χ3v) is 9.71. The van der Waals surface area contributed by atoms with Crippen LogP contribution in [0.15, 0.2) is 52.6 Å². The molecule has 6 rings (SSSR count). The fourth-order valence-corrected chi connectivity index (χ4v) is 7.41. The van der Waals surface area contributed by atoms with Crippen molar-refractivity contribution in [3.05, 3.63) is 53.1 Å². The first-order valence-electron chi connectivity index (χ1n) is 13.1. The van der Waals surface area contributed by atoms with Crippen molar-refractivity contribution < 1.29 is 17.9 Å². The molecule has 10 nitrogen and oxygen atoms in total. The first-order valence-corrected chi connectivity index (χ1v) is 15.5.